The molecule has 0 aliphatic carbocycles. The van der Waals surface area contributed by atoms with E-state index < -0.39 is 11.9 Å². The van der Waals surface area contributed by atoms with E-state index >= 15 is 0 Å². The lowest BCUT2D eigenvalue weighted by atomic mass is 10.1. The van der Waals surface area contributed by atoms with Crippen LogP contribution >= 0.6 is 27.5 Å². The fourth-order valence-corrected chi connectivity index (χ4v) is 2.50. The second-order valence-corrected chi connectivity index (χ2v) is 5.22. The smallest absolute Gasteiger partial charge is 0.337 e. The summed E-state index contributed by atoms with van der Waals surface area (Å²) in [6.07, 6.45) is 0. The number of amides is 1. The number of anilines is 1. The Kier molecular flexibility index (Phi) is 4.42. The number of carbonyl (C=O) groups is 2. The minimum atomic E-state index is -1.10. The summed E-state index contributed by atoms with van der Waals surface area (Å²) in [4.78, 5) is 23.2. The minimum Gasteiger partial charge on any atom is -0.478 e. The first-order valence-corrected chi connectivity index (χ1v) is 6.75. The van der Waals surface area contributed by atoms with Gasteiger partial charge in [0.1, 0.15) is 0 Å². The fourth-order valence-electron chi connectivity index (χ4n) is 1.64. The zero-order valence-corrected chi connectivity index (χ0v) is 12.4. The molecule has 0 saturated carbocycles. The van der Waals surface area contributed by atoms with Gasteiger partial charge in [0.05, 0.1) is 16.8 Å². The van der Waals surface area contributed by atoms with E-state index in [1.54, 1.807) is 30.3 Å². The molecule has 0 bridgehead atoms. The zero-order chi connectivity index (χ0) is 14.7. The SMILES string of the molecule is O=C(Nc1ccccc1C(=O)O)c1ccc(Cl)cc1Br. The molecule has 0 atom stereocenters. The van der Waals surface area contributed by atoms with Crippen molar-refractivity contribution in [3.05, 3.63) is 63.1 Å². The molecular formula is C14H9BrClNO3. The van der Waals surface area contributed by atoms with Crippen LogP contribution in [0, 0.1) is 0 Å². The Labute approximate surface area is 128 Å². The average Bonchev–Trinajstić information content (AvgIpc) is 2.38. The summed E-state index contributed by atoms with van der Waals surface area (Å²) in [6, 6.07) is 10.9. The predicted molar refractivity (Wildman–Crippen MR) is 80.5 cm³/mol. The molecule has 2 aromatic carbocycles. The molecule has 0 aromatic heterocycles. The topological polar surface area (TPSA) is 66.4 Å². The molecule has 20 heavy (non-hydrogen) atoms. The number of nitrogens with one attached hydrogen (secondary N) is 1. The lowest BCUT2D eigenvalue weighted by molar-refractivity contribution is 0.0698. The Bertz CT molecular complexity index is 688. The molecule has 0 spiro atoms. The maximum atomic E-state index is 12.1. The summed E-state index contributed by atoms with van der Waals surface area (Å²) < 4.78 is 0.537. The molecule has 0 unspecified atom stereocenters. The summed E-state index contributed by atoms with van der Waals surface area (Å²) in [6.45, 7) is 0. The molecular weight excluding hydrogens is 346 g/mol. The van der Waals surface area contributed by atoms with Gasteiger partial charge in [-0.25, -0.2) is 4.79 Å². The highest BCUT2D eigenvalue weighted by molar-refractivity contribution is 9.10. The van der Waals surface area contributed by atoms with Crippen LogP contribution in [0.25, 0.3) is 0 Å². The van der Waals surface area contributed by atoms with E-state index in [1.165, 1.54) is 12.1 Å². The number of hydrogen-bond donors (Lipinski definition) is 2. The van der Waals surface area contributed by atoms with Crippen molar-refractivity contribution >= 4 is 45.1 Å². The first-order chi connectivity index (χ1) is 9.49. The van der Waals surface area contributed by atoms with E-state index in [0.717, 1.165) is 0 Å². The lowest BCUT2D eigenvalue weighted by Gasteiger charge is -2.09. The van der Waals surface area contributed by atoms with Crippen LogP contribution in [0.2, 0.25) is 5.02 Å². The molecule has 4 nitrogen and oxygen atoms in total. The van der Waals surface area contributed by atoms with Crippen LogP contribution in [0.1, 0.15) is 20.7 Å². The number of carboxylic acids is 1. The molecule has 6 heteroatoms. The lowest BCUT2D eigenvalue weighted by Crippen LogP contribution is -2.15. The van der Waals surface area contributed by atoms with Gasteiger partial charge in [-0.2, -0.15) is 0 Å². The standard InChI is InChI=1S/C14H9BrClNO3/c15-11-7-8(16)5-6-9(11)13(18)17-12-4-2-1-3-10(12)14(19)20/h1-7H,(H,17,18)(H,19,20). The van der Waals surface area contributed by atoms with Crippen molar-refractivity contribution in [1.29, 1.82) is 0 Å². The highest BCUT2D eigenvalue weighted by Crippen LogP contribution is 2.23. The predicted octanol–water partition coefficient (Wildman–Crippen LogP) is 4.05. The molecule has 0 radical (unpaired) electrons. The number of carboxylic acid groups (broad SMARTS) is 1. The Morgan fingerprint density at radius 2 is 1.80 bits per heavy atom. The number of aromatic carboxylic acids is 1. The number of benzene rings is 2. The molecule has 102 valence electrons. The molecule has 0 heterocycles. The minimum absolute atomic E-state index is 0.0333. The van der Waals surface area contributed by atoms with Crippen LogP contribution in [-0.4, -0.2) is 17.0 Å². The molecule has 2 rings (SSSR count). The van der Waals surface area contributed by atoms with E-state index in [4.69, 9.17) is 16.7 Å². The maximum Gasteiger partial charge on any atom is 0.337 e. The monoisotopic (exact) mass is 353 g/mol. The maximum absolute atomic E-state index is 12.1. The van der Waals surface area contributed by atoms with Crippen LogP contribution < -0.4 is 5.32 Å². The number of rotatable bonds is 3. The van der Waals surface area contributed by atoms with Gasteiger partial charge < -0.3 is 10.4 Å². The van der Waals surface area contributed by atoms with Crippen molar-refractivity contribution in [3.63, 3.8) is 0 Å². The first kappa shape index (κ1) is 14.6. The van der Waals surface area contributed by atoms with Crippen molar-refractivity contribution in [2.75, 3.05) is 5.32 Å². The van der Waals surface area contributed by atoms with Gasteiger partial charge in [-0.05, 0) is 46.3 Å². The Morgan fingerprint density at radius 3 is 2.45 bits per heavy atom. The van der Waals surface area contributed by atoms with Gasteiger partial charge in [0.2, 0.25) is 0 Å². The number of halogens is 2. The van der Waals surface area contributed by atoms with E-state index in [0.29, 0.717) is 15.1 Å². The largest absolute Gasteiger partial charge is 0.478 e. The van der Waals surface area contributed by atoms with Crippen molar-refractivity contribution in [1.82, 2.24) is 0 Å². The van der Waals surface area contributed by atoms with Crippen LogP contribution in [-0.2, 0) is 0 Å². The van der Waals surface area contributed by atoms with Crippen molar-refractivity contribution in [2.45, 2.75) is 0 Å². The Morgan fingerprint density at radius 1 is 1.10 bits per heavy atom. The van der Waals surface area contributed by atoms with E-state index in [9.17, 15) is 9.59 Å². The van der Waals surface area contributed by atoms with Gasteiger partial charge in [0.25, 0.3) is 5.91 Å². The van der Waals surface area contributed by atoms with Crippen molar-refractivity contribution in [3.8, 4) is 0 Å². The number of para-hydroxylation sites is 1. The van der Waals surface area contributed by atoms with Crippen molar-refractivity contribution in [2.24, 2.45) is 0 Å². The second-order valence-electron chi connectivity index (χ2n) is 3.93. The normalized spacial score (nSPS) is 10.1. The summed E-state index contributed by atoms with van der Waals surface area (Å²) in [5, 5.41) is 12.1. The third kappa shape index (κ3) is 3.18. The van der Waals surface area contributed by atoms with E-state index in [-0.39, 0.29) is 11.3 Å². The van der Waals surface area contributed by atoms with E-state index in [2.05, 4.69) is 21.2 Å². The van der Waals surface area contributed by atoms with Crippen molar-refractivity contribution < 1.29 is 14.7 Å². The average molecular weight is 355 g/mol. The summed E-state index contributed by atoms with van der Waals surface area (Å²) in [5.74, 6) is -1.52. The molecule has 0 aliphatic heterocycles. The quantitative estimate of drug-likeness (QED) is 0.874. The molecule has 0 aliphatic rings. The van der Waals surface area contributed by atoms with Crippen LogP contribution in [0.5, 0.6) is 0 Å². The Hall–Kier alpha value is -1.85. The van der Waals surface area contributed by atoms with Gasteiger partial charge in [0, 0.05) is 9.50 Å². The molecule has 2 aromatic rings. The second kappa shape index (κ2) is 6.07. The summed E-state index contributed by atoms with van der Waals surface area (Å²) in [5.41, 5.74) is 0.646. The summed E-state index contributed by atoms with van der Waals surface area (Å²) in [7, 11) is 0. The third-order valence-electron chi connectivity index (χ3n) is 2.58. The van der Waals surface area contributed by atoms with Gasteiger partial charge in [-0.1, -0.05) is 23.7 Å². The third-order valence-corrected chi connectivity index (χ3v) is 3.47. The Balaban J connectivity index is 2.30. The molecule has 0 saturated heterocycles. The number of carbonyl (C=O) groups excluding carboxylic acids is 1. The van der Waals surface area contributed by atoms with Gasteiger partial charge in [-0.3, -0.25) is 4.79 Å². The highest BCUT2D eigenvalue weighted by atomic mass is 79.9. The first-order valence-electron chi connectivity index (χ1n) is 5.58. The van der Waals surface area contributed by atoms with Gasteiger partial charge in [0.15, 0.2) is 0 Å². The highest BCUT2D eigenvalue weighted by Gasteiger charge is 2.14. The van der Waals surface area contributed by atoms with Gasteiger partial charge in [-0.15, -0.1) is 0 Å². The van der Waals surface area contributed by atoms with Crippen LogP contribution in [0.15, 0.2) is 46.9 Å². The summed E-state index contributed by atoms with van der Waals surface area (Å²) >= 11 is 9.06. The van der Waals surface area contributed by atoms with Crippen LogP contribution in [0.3, 0.4) is 0 Å². The van der Waals surface area contributed by atoms with E-state index in [1.807, 2.05) is 0 Å². The molecule has 2 N–H and O–H groups in total. The zero-order valence-electron chi connectivity index (χ0n) is 10.1. The molecule has 0 fully saturated rings. The van der Waals surface area contributed by atoms with Crippen LogP contribution in [0.4, 0.5) is 5.69 Å². The molecule has 1 amide bonds. The fraction of sp³-hybridized carbons (Fsp3) is 0. The number of hydrogen-bond acceptors (Lipinski definition) is 2. The van der Waals surface area contributed by atoms with Gasteiger partial charge >= 0.3 is 5.97 Å².